The first-order valence-corrected chi connectivity index (χ1v) is 11.8. The molecule has 1 N–H and O–H groups in total. The normalized spacial score (nSPS) is 16.3. The number of ether oxygens (including phenoxy) is 4. The van der Waals surface area contributed by atoms with E-state index in [4.69, 9.17) is 18.9 Å². The van der Waals surface area contributed by atoms with Crippen LogP contribution in [0, 0.1) is 0 Å². The number of hydrogen-bond acceptors (Lipinski definition) is 8. The average molecular weight is 518 g/mol. The maximum atomic E-state index is 13.5. The first-order chi connectivity index (χ1) is 18.4. The number of ketones is 1. The zero-order valence-electron chi connectivity index (χ0n) is 21.4. The Kier molecular flexibility index (Phi) is 7.66. The molecule has 1 saturated heterocycles. The fourth-order valence-corrected chi connectivity index (χ4v) is 4.42. The number of benzene rings is 3. The highest BCUT2D eigenvalue weighted by Crippen LogP contribution is 2.45. The minimum Gasteiger partial charge on any atom is -0.506 e. The van der Waals surface area contributed by atoms with Crippen LogP contribution in [0.4, 0.5) is 5.69 Å². The Hall–Kier alpha value is -4.79. The van der Waals surface area contributed by atoms with Crippen LogP contribution in [0.1, 0.15) is 34.5 Å². The molecule has 3 aromatic carbocycles. The molecule has 9 heteroatoms. The lowest BCUT2D eigenvalue weighted by Gasteiger charge is -2.26. The molecule has 1 heterocycles. The van der Waals surface area contributed by atoms with Crippen LogP contribution in [0.15, 0.2) is 72.3 Å². The molecule has 0 aromatic heterocycles. The number of rotatable bonds is 8. The van der Waals surface area contributed by atoms with E-state index in [2.05, 4.69) is 0 Å². The molecular weight excluding hydrogens is 490 g/mol. The van der Waals surface area contributed by atoms with Gasteiger partial charge in [0.2, 0.25) is 0 Å². The van der Waals surface area contributed by atoms with Gasteiger partial charge in [-0.05, 0) is 55.0 Å². The summed E-state index contributed by atoms with van der Waals surface area (Å²) < 4.78 is 21.2. The van der Waals surface area contributed by atoms with Gasteiger partial charge < -0.3 is 24.1 Å². The van der Waals surface area contributed by atoms with Gasteiger partial charge in [0.05, 0.1) is 45.1 Å². The highest BCUT2D eigenvalue weighted by Gasteiger charge is 2.47. The van der Waals surface area contributed by atoms with Crippen molar-refractivity contribution >= 4 is 29.1 Å². The smallest absolute Gasteiger partial charge is 0.338 e. The van der Waals surface area contributed by atoms with E-state index in [1.165, 1.54) is 32.3 Å². The fourth-order valence-electron chi connectivity index (χ4n) is 4.42. The predicted molar refractivity (Wildman–Crippen MR) is 140 cm³/mol. The topological polar surface area (TPSA) is 112 Å². The molecule has 4 rings (SSSR count). The second-order valence-corrected chi connectivity index (χ2v) is 8.25. The highest BCUT2D eigenvalue weighted by molar-refractivity contribution is 6.51. The summed E-state index contributed by atoms with van der Waals surface area (Å²) in [6.07, 6.45) is 0. The Morgan fingerprint density at radius 3 is 2.11 bits per heavy atom. The van der Waals surface area contributed by atoms with Gasteiger partial charge in [0, 0.05) is 5.69 Å². The van der Waals surface area contributed by atoms with E-state index >= 15 is 0 Å². The summed E-state index contributed by atoms with van der Waals surface area (Å²) in [4.78, 5) is 40.7. The molecule has 1 amide bonds. The van der Waals surface area contributed by atoms with E-state index in [1.54, 1.807) is 67.6 Å². The van der Waals surface area contributed by atoms with Crippen molar-refractivity contribution in [2.45, 2.75) is 13.0 Å². The Labute approximate surface area is 219 Å². The van der Waals surface area contributed by atoms with Crippen LogP contribution in [-0.4, -0.2) is 50.7 Å². The SMILES string of the molecule is CCOC(=O)c1cccc(N2C(=O)C(=O)/C(=C(/O)c3c(OC)cccc3OC)C2c2ccc(OC)cc2)c1. The minimum absolute atomic E-state index is 0.134. The molecule has 0 spiro atoms. The largest absolute Gasteiger partial charge is 0.506 e. The number of Topliss-reactive ketones (excluding diaryl/α,β-unsaturated/α-hetero) is 1. The molecule has 9 nitrogen and oxygen atoms in total. The van der Waals surface area contributed by atoms with Crippen LogP contribution in [0.25, 0.3) is 5.76 Å². The lowest BCUT2D eigenvalue weighted by molar-refractivity contribution is -0.132. The van der Waals surface area contributed by atoms with Crippen LogP contribution in [-0.2, 0) is 14.3 Å². The minimum atomic E-state index is -1.03. The summed E-state index contributed by atoms with van der Waals surface area (Å²) in [5, 5.41) is 11.6. The maximum Gasteiger partial charge on any atom is 0.338 e. The molecule has 0 radical (unpaired) electrons. The zero-order chi connectivity index (χ0) is 27.4. The predicted octanol–water partition coefficient (Wildman–Crippen LogP) is 4.52. The average Bonchev–Trinajstić information content (AvgIpc) is 3.22. The van der Waals surface area contributed by atoms with Crippen molar-refractivity contribution in [2.24, 2.45) is 0 Å². The Balaban J connectivity index is 1.97. The lowest BCUT2D eigenvalue weighted by atomic mass is 9.94. The maximum absolute atomic E-state index is 13.5. The zero-order valence-corrected chi connectivity index (χ0v) is 21.4. The fraction of sp³-hybridized carbons (Fsp3) is 0.207. The number of methoxy groups -OCH3 is 3. The number of carbonyl (C=O) groups excluding carboxylic acids is 3. The monoisotopic (exact) mass is 517 g/mol. The number of aliphatic hydroxyl groups is 1. The van der Waals surface area contributed by atoms with Crippen molar-refractivity contribution in [3.05, 3.63) is 89.0 Å². The van der Waals surface area contributed by atoms with E-state index in [1.807, 2.05) is 0 Å². The van der Waals surface area contributed by atoms with Crippen LogP contribution < -0.4 is 19.1 Å². The second-order valence-electron chi connectivity index (χ2n) is 8.25. The molecule has 0 saturated carbocycles. The first kappa shape index (κ1) is 26.3. The Morgan fingerprint density at radius 2 is 1.53 bits per heavy atom. The molecule has 1 aliphatic heterocycles. The van der Waals surface area contributed by atoms with Crippen LogP contribution in [0.5, 0.6) is 17.2 Å². The third kappa shape index (κ3) is 4.66. The summed E-state index contributed by atoms with van der Waals surface area (Å²) in [6.45, 7) is 1.87. The van der Waals surface area contributed by atoms with Crippen LogP contribution in [0.3, 0.4) is 0 Å². The van der Waals surface area contributed by atoms with Gasteiger partial charge in [-0.3, -0.25) is 14.5 Å². The number of esters is 1. The van der Waals surface area contributed by atoms with Crippen molar-refractivity contribution in [1.29, 1.82) is 0 Å². The molecule has 3 aromatic rings. The number of hydrogen-bond donors (Lipinski definition) is 1. The molecule has 38 heavy (non-hydrogen) atoms. The molecule has 1 unspecified atom stereocenters. The van der Waals surface area contributed by atoms with Gasteiger partial charge in [0.1, 0.15) is 28.6 Å². The van der Waals surface area contributed by atoms with E-state index in [-0.39, 0.29) is 40.5 Å². The van der Waals surface area contributed by atoms with E-state index in [0.717, 1.165) is 0 Å². The molecule has 0 bridgehead atoms. The second kappa shape index (κ2) is 11.1. The number of anilines is 1. The van der Waals surface area contributed by atoms with Crippen molar-refractivity contribution in [3.63, 3.8) is 0 Å². The van der Waals surface area contributed by atoms with E-state index < -0.39 is 29.5 Å². The standard InChI is InChI=1S/C29H27NO8/c1-5-38-29(34)18-8-6-9-19(16-18)30-25(17-12-14-20(35-2)15-13-17)24(27(32)28(30)33)26(31)23-21(36-3)10-7-11-22(23)37-4/h6-16,25,31H,5H2,1-4H3/b26-24+. The number of nitrogens with zero attached hydrogens (tertiary/aromatic N) is 1. The summed E-state index contributed by atoms with van der Waals surface area (Å²) in [5.74, 6) is -1.72. The third-order valence-electron chi connectivity index (χ3n) is 6.18. The van der Waals surface area contributed by atoms with Crippen LogP contribution in [0.2, 0.25) is 0 Å². The summed E-state index contributed by atoms with van der Waals surface area (Å²) in [5.41, 5.74) is 0.997. The first-order valence-electron chi connectivity index (χ1n) is 11.8. The number of amides is 1. The lowest BCUT2D eigenvalue weighted by Crippen LogP contribution is -2.29. The molecular formula is C29H27NO8. The van der Waals surface area contributed by atoms with E-state index in [0.29, 0.717) is 11.3 Å². The molecule has 196 valence electrons. The summed E-state index contributed by atoms with van der Waals surface area (Å²) >= 11 is 0. The van der Waals surface area contributed by atoms with Crippen molar-refractivity contribution in [1.82, 2.24) is 0 Å². The van der Waals surface area contributed by atoms with Crippen molar-refractivity contribution < 1.29 is 38.4 Å². The summed E-state index contributed by atoms with van der Waals surface area (Å²) in [6, 6.07) is 16.9. The molecule has 0 aliphatic carbocycles. The quantitative estimate of drug-likeness (QED) is 0.201. The van der Waals surface area contributed by atoms with E-state index in [9.17, 15) is 19.5 Å². The molecule has 1 atom stereocenters. The molecule has 1 aliphatic rings. The summed E-state index contributed by atoms with van der Waals surface area (Å²) in [7, 11) is 4.37. The van der Waals surface area contributed by atoms with Gasteiger partial charge in [0.25, 0.3) is 11.7 Å². The Morgan fingerprint density at radius 1 is 0.895 bits per heavy atom. The van der Waals surface area contributed by atoms with Gasteiger partial charge in [0.15, 0.2) is 0 Å². The van der Waals surface area contributed by atoms with Gasteiger partial charge in [-0.1, -0.05) is 24.3 Å². The van der Waals surface area contributed by atoms with Crippen molar-refractivity contribution in [2.75, 3.05) is 32.8 Å². The number of carbonyl (C=O) groups is 3. The van der Waals surface area contributed by atoms with Gasteiger partial charge in [-0.2, -0.15) is 0 Å². The van der Waals surface area contributed by atoms with Crippen molar-refractivity contribution in [3.8, 4) is 17.2 Å². The van der Waals surface area contributed by atoms with Crippen LogP contribution >= 0.6 is 0 Å². The Bertz CT molecular complexity index is 1390. The van der Waals surface area contributed by atoms with Gasteiger partial charge in [-0.25, -0.2) is 4.79 Å². The third-order valence-corrected chi connectivity index (χ3v) is 6.18. The highest BCUT2D eigenvalue weighted by atomic mass is 16.5. The van der Waals surface area contributed by atoms with Gasteiger partial charge >= 0.3 is 5.97 Å². The number of aliphatic hydroxyl groups excluding tert-OH is 1. The molecule has 1 fully saturated rings. The van der Waals surface area contributed by atoms with Gasteiger partial charge in [-0.15, -0.1) is 0 Å².